The van der Waals surface area contributed by atoms with Crippen molar-refractivity contribution in [3.05, 3.63) is 0 Å². The molecule has 152 valence electrons. The van der Waals surface area contributed by atoms with E-state index in [9.17, 15) is 19.2 Å². The number of hydrogen-bond acceptors (Lipinski definition) is 13. The molecule has 13 nitrogen and oxygen atoms in total. The summed E-state index contributed by atoms with van der Waals surface area (Å²) in [5.74, 6) is -2.90. The van der Waals surface area contributed by atoms with Crippen LogP contribution in [-0.2, 0) is 38.5 Å². The van der Waals surface area contributed by atoms with Crippen LogP contribution in [0.4, 0.5) is 0 Å². The van der Waals surface area contributed by atoms with Crippen molar-refractivity contribution in [3.63, 3.8) is 0 Å². The minimum Gasteiger partial charge on any atom is -0.394 e. The van der Waals surface area contributed by atoms with E-state index in [0.29, 0.717) is 10.5 Å². The molecule has 0 fully saturated rings. The van der Waals surface area contributed by atoms with Gasteiger partial charge in [-0.1, -0.05) is 0 Å². The lowest BCUT2D eigenvalue weighted by atomic mass is 10.4. The van der Waals surface area contributed by atoms with E-state index in [1.807, 2.05) is 0 Å². The van der Waals surface area contributed by atoms with Crippen molar-refractivity contribution >= 4 is 23.9 Å². The molecular weight excluding hydrogens is 360 g/mol. The maximum absolute atomic E-state index is 10.8. The predicted molar refractivity (Wildman–Crippen MR) is 80.7 cm³/mol. The minimum absolute atomic E-state index is 0.223. The first-order chi connectivity index (χ1) is 12.0. The van der Waals surface area contributed by atoms with Gasteiger partial charge in [-0.3, -0.25) is 19.2 Å². The number of carbonyl (C=O) groups is 4. The Kier molecular flexibility index (Phi) is 14.9. The summed E-state index contributed by atoms with van der Waals surface area (Å²) in [4.78, 5) is 61.4. The lowest BCUT2D eigenvalue weighted by molar-refractivity contribution is -0.354. The van der Waals surface area contributed by atoms with E-state index in [-0.39, 0.29) is 26.3 Å². The van der Waals surface area contributed by atoms with Crippen molar-refractivity contribution in [2.45, 2.75) is 33.8 Å². The number of carbonyl (C=O) groups excluding carboxylic acids is 4. The van der Waals surface area contributed by atoms with Gasteiger partial charge in [0, 0.05) is 38.1 Å². The average molecular weight is 384 g/mol. The maximum Gasteiger partial charge on any atom is 0.326 e. The standard InChI is InChI=1S/C10H16N2O8.C3H8O3/c1-7(13)17-11(18-8(2)14)5-6-12(19-9(3)15)20-10(4)16;4-1-3(6)2-5/h5-6H2,1-4H3;3-6H,1-2H2. The van der Waals surface area contributed by atoms with Crippen LogP contribution in [0.3, 0.4) is 0 Å². The van der Waals surface area contributed by atoms with E-state index in [4.69, 9.17) is 15.3 Å². The molecule has 0 saturated heterocycles. The molecule has 0 spiro atoms. The fourth-order valence-corrected chi connectivity index (χ4v) is 1.01. The van der Waals surface area contributed by atoms with E-state index in [2.05, 4.69) is 19.4 Å². The van der Waals surface area contributed by atoms with Crippen LogP contribution in [-0.4, -0.2) is 82.1 Å². The summed E-state index contributed by atoms with van der Waals surface area (Å²) < 4.78 is 0. The van der Waals surface area contributed by atoms with E-state index >= 15 is 0 Å². The zero-order chi connectivity index (χ0) is 20.7. The van der Waals surface area contributed by atoms with E-state index in [1.54, 1.807) is 0 Å². The third-order valence-electron chi connectivity index (χ3n) is 1.81. The Balaban J connectivity index is 0. The molecular formula is C13H24N2O11. The highest BCUT2D eigenvalue weighted by atomic mass is 17.0. The van der Waals surface area contributed by atoms with E-state index < -0.39 is 30.0 Å². The highest BCUT2D eigenvalue weighted by molar-refractivity contribution is 5.67. The normalized spacial score (nSPS) is 10.1. The van der Waals surface area contributed by atoms with Gasteiger partial charge in [-0.2, -0.15) is 0 Å². The average Bonchev–Trinajstić information content (AvgIpc) is 2.50. The number of aliphatic hydroxyl groups excluding tert-OH is 3. The first-order valence-corrected chi connectivity index (χ1v) is 7.20. The van der Waals surface area contributed by atoms with Gasteiger partial charge in [0.2, 0.25) is 0 Å². The van der Waals surface area contributed by atoms with Gasteiger partial charge < -0.3 is 34.7 Å². The Morgan fingerprint density at radius 1 is 0.692 bits per heavy atom. The van der Waals surface area contributed by atoms with Crippen LogP contribution in [0, 0.1) is 0 Å². The fourth-order valence-electron chi connectivity index (χ4n) is 1.01. The van der Waals surface area contributed by atoms with Crippen LogP contribution >= 0.6 is 0 Å². The molecule has 0 aromatic carbocycles. The van der Waals surface area contributed by atoms with Gasteiger partial charge in [0.05, 0.1) is 26.3 Å². The number of nitrogens with zero attached hydrogens (tertiary/aromatic N) is 2. The van der Waals surface area contributed by atoms with Crippen molar-refractivity contribution in [2.75, 3.05) is 26.3 Å². The second-order valence-electron chi connectivity index (χ2n) is 4.46. The molecule has 0 atom stereocenters. The molecule has 0 amide bonds. The van der Waals surface area contributed by atoms with Gasteiger partial charge in [0.1, 0.15) is 6.10 Å². The fraction of sp³-hybridized carbons (Fsp3) is 0.692. The number of rotatable bonds is 9. The van der Waals surface area contributed by atoms with Gasteiger partial charge in [-0.25, -0.2) is 0 Å². The first-order valence-electron chi connectivity index (χ1n) is 7.20. The molecule has 3 N–H and O–H groups in total. The van der Waals surface area contributed by atoms with E-state index in [0.717, 1.165) is 27.7 Å². The summed E-state index contributed by atoms with van der Waals surface area (Å²) in [6.07, 6.45) is -0.954. The van der Waals surface area contributed by atoms with Crippen LogP contribution in [0.25, 0.3) is 0 Å². The molecule has 0 aliphatic carbocycles. The lowest BCUT2D eigenvalue weighted by Crippen LogP contribution is -2.38. The van der Waals surface area contributed by atoms with Crippen LogP contribution in [0.15, 0.2) is 0 Å². The summed E-state index contributed by atoms with van der Waals surface area (Å²) in [5.41, 5.74) is 0. The maximum atomic E-state index is 10.8. The molecule has 0 rings (SSSR count). The van der Waals surface area contributed by atoms with Crippen molar-refractivity contribution in [1.29, 1.82) is 0 Å². The molecule has 26 heavy (non-hydrogen) atoms. The molecule has 0 unspecified atom stereocenters. The van der Waals surface area contributed by atoms with Crippen LogP contribution < -0.4 is 0 Å². The molecule has 0 heterocycles. The van der Waals surface area contributed by atoms with Crippen LogP contribution in [0.2, 0.25) is 0 Å². The topological polar surface area (TPSA) is 172 Å². The molecule has 0 radical (unpaired) electrons. The molecule has 0 aromatic rings. The quantitative estimate of drug-likeness (QED) is 0.367. The molecule has 13 heteroatoms. The Bertz CT molecular complexity index is 385. The summed E-state index contributed by atoms with van der Waals surface area (Å²) in [5, 5.41) is 25.2. The summed E-state index contributed by atoms with van der Waals surface area (Å²) in [6.45, 7) is 3.24. The van der Waals surface area contributed by atoms with Crippen molar-refractivity contribution in [3.8, 4) is 0 Å². The smallest absolute Gasteiger partial charge is 0.326 e. The van der Waals surface area contributed by atoms with E-state index in [1.165, 1.54) is 0 Å². The SMILES string of the molecule is CC(=O)ON(CCN(OC(C)=O)OC(C)=O)OC(C)=O.OCC(O)CO. The third kappa shape index (κ3) is 18.0. The summed E-state index contributed by atoms with van der Waals surface area (Å²) >= 11 is 0. The Labute approximate surface area is 149 Å². The first kappa shape index (κ1) is 25.9. The summed E-state index contributed by atoms with van der Waals surface area (Å²) in [7, 11) is 0. The minimum atomic E-state index is -0.954. The molecule has 0 aliphatic rings. The monoisotopic (exact) mass is 384 g/mol. The Morgan fingerprint density at radius 3 is 1.04 bits per heavy atom. The number of hydroxylamine groups is 4. The Hall–Kier alpha value is -2.32. The van der Waals surface area contributed by atoms with Gasteiger partial charge in [0.25, 0.3) is 0 Å². The summed E-state index contributed by atoms with van der Waals surface area (Å²) in [6, 6.07) is 0. The second-order valence-corrected chi connectivity index (χ2v) is 4.46. The molecule has 0 aliphatic heterocycles. The largest absolute Gasteiger partial charge is 0.394 e. The highest BCUT2D eigenvalue weighted by Gasteiger charge is 2.19. The van der Waals surface area contributed by atoms with Gasteiger partial charge in [-0.05, 0) is 0 Å². The number of hydrogen-bond donors (Lipinski definition) is 3. The molecule has 0 saturated carbocycles. The van der Waals surface area contributed by atoms with Crippen LogP contribution in [0.1, 0.15) is 27.7 Å². The van der Waals surface area contributed by atoms with Crippen LogP contribution in [0.5, 0.6) is 0 Å². The highest BCUT2D eigenvalue weighted by Crippen LogP contribution is 1.99. The second kappa shape index (κ2) is 15.0. The zero-order valence-electron chi connectivity index (χ0n) is 14.9. The van der Waals surface area contributed by atoms with Crippen molar-refractivity contribution < 1.29 is 53.8 Å². The lowest BCUT2D eigenvalue weighted by Gasteiger charge is -2.22. The van der Waals surface area contributed by atoms with Crippen molar-refractivity contribution in [2.24, 2.45) is 0 Å². The van der Waals surface area contributed by atoms with Crippen molar-refractivity contribution in [1.82, 2.24) is 10.5 Å². The van der Waals surface area contributed by atoms with Gasteiger partial charge in [-0.15, -0.1) is 0 Å². The number of aliphatic hydroxyl groups is 3. The van der Waals surface area contributed by atoms with Gasteiger partial charge in [0.15, 0.2) is 0 Å². The van der Waals surface area contributed by atoms with Gasteiger partial charge >= 0.3 is 23.9 Å². The molecule has 0 aromatic heterocycles. The Morgan fingerprint density at radius 2 is 0.923 bits per heavy atom. The third-order valence-corrected chi connectivity index (χ3v) is 1.81. The zero-order valence-corrected chi connectivity index (χ0v) is 14.9. The predicted octanol–water partition coefficient (Wildman–Crippen LogP) is -2.17. The molecule has 0 bridgehead atoms.